The molecule has 4 aromatic rings. The lowest BCUT2D eigenvalue weighted by Gasteiger charge is -2.36. The Hall–Kier alpha value is -4.64. The van der Waals surface area contributed by atoms with Crippen LogP contribution in [0.2, 0.25) is 0 Å². The average Bonchev–Trinajstić information content (AvgIpc) is 3.83. The third-order valence-corrected chi connectivity index (χ3v) is 8.29. The lowest BCUT2D eigenvalue weighted by Crippen LogP contribution is -2.51. The second kappa shape index (κ2) is 13.4. The zero-order valence-electron chi connectivity index (χ0n) is 26.5. The van der Waals surface area contributed by atoms with E-state index in [4.69, 9.17) is 9.72 Å². The number of ether oxygens (including phenoxy) is 1. The van der Waals surface area contributed by atoms with Gasteiger partial charge < -0.3 is 19.9 Å². The van der Waals surface area contributed by atoms with E-state index in [0.29, 0.717) is 50.4 Å². The number of carbonyl (C=O) groups excluding carboxylic acids is 1. The van der Waals surface area contributed by atoms with Crippen LogP contribution >= 0.6 is 0 Å². The van der Waals surface area contributed by atoms with E-state index < -0.39 is 5.60 Å². The summed E-state index contributed by atoms with van der Waals surface area (Å²) >= 11 is 0. The highest BCUT2D eigenvalue weighted by Gasteiger charge is 2.37. The number of hydrogen-bond donors (Lipinski definition) is 1. The SMILES string of the molecule is CC(C)(C)OC(=O)N1CCN(c2nc(CCCN[C@@H]3C[C@H]3c3ccc(F)cc3)cn(-c3ccc(-c4cccnn4)cc3)c2=O)CC1. The molecule has 1 N–H and O–H groups in total. The normalized spacial score (nSPS) is 18.0. The number of rotatable bonds is 9. The Bertz CT molecular complexity index is 1700. The molecular formula is C35H40FN7O3. The fourth-order valence-electron chi connectivity index (χ4n) is 5.78. The van der Waals surface area contributed by atoms with Gasteiger partial charge in [0.2, 0.25) is 0 Å². The van der Waals surface area contributed by atoms with Gasteiger partial charge in [-0.2, -0.15) is 10.2 Å². The number of nitrogens with zero attached hydrogens (tertiary/aromatic N) is 6. The minimum atomic E-state index is -0.573. The Morgan fingerprint density at radius 2 is 1.76 bits per heavy atom. The van der Waals surface area contributed by atoms with Gasteiger partial charge in [-0.3, -0.25) is 9.36 Å². The van der Waals surface area contributed by atoms with Crippen molar-refractivity contribution in [1.29, 1.82) is 0 Å². The highest BCUT2D eigenvalue weighted by molar-refractivity contribution is 5.68. The highest BCUT2D eigenvalue weighted by Crippen LogP contribution is 2.40. The van der Waals surface area contributed by atoms with Gasteiger partial charge in [0.1, 0.15) is 11.4 Å². The van der Waals surface area contributed by atoms with E-state index in [2.05, 4.69) is 15.5 Å². The third kappa shape index (κ3) is 7.59. The number of benzene rings is 2. The van der Waals surface area contributed by atoms with Crippen LogP contribution in [0.3, 0.4) is 0 Å². The molecule has 3 heterocycles. The second-order valence-corrected chi connectivity index (χ2v) is 12.9. The molecule has 0 spiro atoms. The zero-order valence-corrected chi connectivity index (χ0v) is 26.5. The van der Waals surface area contributed by atoms with Crippen LogP contribution in [-0.4, -0.2) is 75.1 Å². The monoisotopic (exact) mass is 625 g/mol. The molecular weight excluding hydrogens is 585 g/mol. The molecule has 6 rings (SSSR count). The summed E-state index contributed by atoms with van der Waals surface area (Å²) in [5.41, 5.74) is 3.58. The third-order valence-electron chi connectivity index (χ3n) is 8.29. The van der Waals surface area contributed by atoms with Gasteiger partial charge >= 0.3 is 6.09 Å². The van der Waals surface area contributed by atoms with Crippen LogP contribution in [0.25, 0.3) is 16.9 Å². The lowest BCUT2D eigenvalue weighted by atomic mass is 10.1. The maximum absolute atomic E-state index is 13.9. The first-order chi connectivity index (χ1) is 22.1. The molecule has 1 aliphatic carbocycles. The van der Waals surface area contributed by atoms with Crippen LogP contribution in [-0.2, 0) is 11.2 Å². The van der Waals surface area contributed by atoms with Crippen molar-refractivity contribution in [3.63, 3.8) is 0 Å². The number of aryl methyl sites for hydroxylation is 1. The Labute approximate surface area is 268 Å². The molecule has 11 heteroatoms. The van der Waals surface area contributed by atoms with Crippen molar-refractivity contribution in [1.82, 2.24) is 30.0 Å². The number of carbonyl (C=O) groups is 1. The average molecular weight is 626 g/mol. The summed E-state index contributed by atoms with van der Waals surface area (Å²) in [6, 6.07) is 18.6. The molecule has 0 radical (unpaired) electrons. The van der Waals surface area contributed by atoms with Gasteiger partial charge in [-0.15, -0.1) is 0 Å². The lowest BCUT2D eigenvalue weighted by molar-refractivity contribution is 0.0240. The number of aromatic nitrogens is 4. The van der Waals surface area contributed by atoms with Gasteiger partial charge in [0, 0.05) is 61.8 Å². The zero-order chi connectivity index (χ0) is 32.3. The number of anilines is 1. The minimum Gasteiger partial charge on any atom is -0.444 e. The molecule has 1 saturated carbocycles. The molecule has 1 amide bonds. The summed E-state index contributed by atoms with van der Waals surface area (Å²) in [6.45, 7) is 8.19. The fraction of sp³-hybridized carbons (Fsp3) is 0.400. The van der Waals surface area contributed by atoms with Crippen LogP contribution in [0, 0.1) is 5.82 Å². The maximum Gasteiger partial charge on any atom is 0.410 e. The predicted octanol–water partition coefficient (Wildman–Crippen LogP) is 4.96. The number of amides is 1. The van der Waals surface area contributed by atoms with E-state index in [1.165, 1.54) is 12.1 Å². The van der Waals surface area contributed by atoms with Gasteiger partial charge in [-0.25, -0.2) is 14.2 Å². The molecule has 1 saturated heterocycles. The summed E-state index contributed by atoms with van der Waals surface area (Å²) in [5.74, 6) is 0.579. The minimum absolute atomic E-state index is 0.208. The van der Waals surface area contributed by atoms with Crippen molar-refractivity contribution in [3.05, 3.63) is 100 Å². The van der Waals surface area contributed by atoms with E-state index in [0.717, 1.165) is 47.6 Å². The Kier molecular flexibility index (Phi) is 9.12. The van der Waals surface area contributed by atoms with E-state index in [1.807, 2.05) is 80.4 Å². The van der Waals surface area contributed by atoms with Crippen molar-refractivity contribution >= 4 is 11.9 Å². The van der Waals surface area contributed by atoms with Crippen molar-refractivity contribution in [3.8, 4) is 16.9 Å². The van der Waals surface area contributed by atoms with Crippen molar-refractivity contribution in [2.75, 3.05) is 37.6 Å². The van der Waals surface area contributed by atoms with Crippen LogP contribution < -0.4 is 15.8 Å². The smallest absolute Gasteiger partial charge is 0.410 e. The largest absolute Gasteiger partial charge is 0.444 e. The number of nitrogens with one attached hydrogen (secondary N) is 1. The molecule has 2 aromatic carbocycles. The number of halogens is 1. The van der Waals surface area contributed by atoms with Crippen molar-refractivity contribution < 1.29 is 13.9 Å². The fourth-order valence-corrected chi connectivity index (χ4v) is 5.78. The van der Waals surface area contributed by atoms with Gasteiger partial charge in [0.15, 0.2) is 5.82 Å². The maximum atomic E-state index is 13.9. The van der Waals surface area contributed by atoms with E-state index in [1.54, 1.807) is 15.7 Å². The van der Waals surface area contributed by atoms with E-state index in [9.17, 15) is 14.0 Å². The number of piperazine rings is 1. The van der Waals surface area contributed by atoms with Crippen LogP contribution in [0.15, 0.2) is 77.9 Å². The van der Waals surface area contributed by atoms with Crippen LogP contribution in [0.1, 0.15) is 50.8 Å². The molecule has 240 valence electrons. The summed E-state index contributed by atoms with van der Waals surface area (Å²) in [6.07, 6.45) is 5.69. The Morgan fingerprint density at radius 1 is 1.02 bits per heavy atom. The standard InChI is InChI=1S/C35H40FN7O3/c1-35(2,3)46-34(45)42-20-18-41(19-21-42)32-33(44)43(28-14-10-25(11-15-28)30-7-5-17-38-40-30)23-27(39-32)6-4-16-37-31-22-29(31)24-8-12-26(36)13-9-24/h5,7-15,17,23,29,31,37H,4,6,16,18-22H2,1-3H3/t29-,31+/m0/s1. The van der Waals surface area contributed by atoms with Crippen LogP contribution in [0.4, 0.5) is 15.0 Å². The first-order valence-electron chi connectivity index (χ1n) is 15.9. The van der Waals surface area contributed by atoms with E-state index in [-0.39, 0.29) is 17.5 Å². The Morgan fingerprint density at radius 3 is 2.43 bits per heavy atom. The summed E-state index contributed by atoms with van der Waals surface area (Å²) < 4.78 is 20.5. The molecule has 2 aliphatic rings. The highest BCUT2D eigenvalue weighted by atomic mass is 19.1. The molecule has 2 fully saturated rings. The molecule has 0 bridgehead atoms. The van der Waals surface area contributed by atoms with E-state index >= 15 is 0 Å². The molecule has 1 aliphatic heterocycles. The summed E-state index contributed by atoms with van der Waals surface area (Å²) in [5, 5.41) is 11.8. The first kappa shape index (κ1) is 31.3. The van der Waals surface area contributed by atoms with Crippen molar-refractivity contribution in [2.45, 2.75) is 57.6 Å². The molecule has 2 atom stereocenters. The van der Waals surface area contributed by atoms with Crippen LogP contribution in [0.5, 0.6) is 0 Å². The molecule has 2 aromatic heterocycles. The first-order valence-corrected chi connectivity index (χ1v) is 15.9. The molecule has 0 unspecified atom stereocenters. The molecule has 10 nitrogen and oxygen atoms in total. The van der Waals surface area contributed by atoms with Gasteiger partial charge in [-0.05, 0) is 88.5 Å². The van der Waals surface area contributed by atoms with Gasteiger partial charge in [-0.1, -0.05) is 24.3 Å². The number of hydrogen-bond acceptors (Lipinski definition) is 8. The quantitative estimate of drug-likeness (QED) is 0.260. The molecule has 46 heavy (non-hydrogen) atoms. The van der Waals surface area contributed by atoms with Crippen molar-refractivity contribution in [2.24, 2.45) is 0 Å². The predicted molar refractivity (Wildman–Crippen MR) is 175 cm³/mol. The second-order valence-electron chi connectivity index (χ2n) is 12.9. The summed E-state index contributed by atoms with van der Waals surface area (Å²) in [4.78, 5) is 35.0. The summed E-state index contributed by atoms with van der Waals surface area (Å²) in [7, 11) is 0. The van der Waals surface area contributed by atoms with Gasteiger partial charge in [0.05, 0.1) is 11.4 Å². The topological polar surface area (TPSA) is 105 Å². The van der Waals surface area contributed by atoms with Gasteiger partial charge in [0.25, 0.3) is 5.56 Å². The Balaban J connectivity index is 1.17.